The van der Waals surface area contributed by atoms with Crippen LogP contribution in [0.3, 0.4) is 0 Å². The molecule has 1 aliphatic heterocycles. The molecular formula is C17H25N3O2. The first-order chi connectivity index (χ1) is 10.5. The molecule has 2 N–H and O–H groups in total. The highest BCUT2D eigenvalue weighted by Gasteiger charge is 2.23. The van der Waals surface area contributed by atoms with E-state index >= 15 is 0 Å². The maximum atomic E-state index is 10.6. The molecule has 1 fully saturated rings. The Bertz CT molecular complexity index is 630. The summed E-state index contributed by atoms with van der Waals surface area (Å²) in [5.41, 5.74) is 3.13. The minimum absolute atomic E-state index is 0.268. The number of hydrogen-bond donors (Lipinski definition) is 2. The fourth-order valence-electron chi connectivity index (χ4n) is 3.40. The molecule has 0 aliphatic carbocycles. The second-order valence-electron chi connectivity index (χ2n) is 6.49. The number of H-pyrrole nitrogens is 1. The lowest BCUT2D eigenvalue weighted by Crippen LogP contribution is -2.45. The number of nitrogens with zero attached hydrogens (tertiary/aromatic N) is 2. The van der Waals surface area contributed by atoms with E-state index in [2.05, 4.69) is 35.0 Å². The number of aryl methyl sites for hydroxylation is 1. The van der Waals surface area contributed by atoms with Gasteiger partial charge in [-0.05, 0) is 50.5 Å². The third-order valence-corrected chi connectivity index (χ3v) is 4.40. The summed E-state index contributed by atoms with van der Waals surface area (Å²) in [6.45, 7) is 9.03. The van der Waals surface area contributed by atoms with Crippen LogP contribution in [0.5, 0.6) is 0 Å². The zero-order valence-corrected chi connectivity index (χ0v) is 13.5. The molecule has 2 heterocycles. The van der Waals surface area contributed by atoms with Crippen LogP contribution >= 0.6 is 0 Å². The van der Waals surface area contributed by atoms with E-state index in [0.29, 0.717) is 0 Å². The molecule has 1 saturated heterocycles. The highest BCUT2D eigenvalue weighted by molar-refractivity contribution is 5.79. The van der Waals surface area contributed by atoms with Crippen molar-refractivity contribution in [2.24, 2.45) is 0 Å². The minimum atomic E-state index is -0.437. The first-order valence-electron chi connectivity index (χ1n) is 8.02. The normalized spacial score (nSPS) is 24.7. The standard InChI is InChI=1S/C17H25N3O2/c1-11-6-16-14(8-18-19-16)7-15(11)17(21)4-5-20-9-12(2)22-13(3)10-20/h6-8,12-13,17,21H,4-5,9-10H2,1-3H3,(H,18,19). The van der Waals surface area contributed by atoms with Crippen molar-refractivity contribution in [2.45, 2.75) is 45.5 Å². The number of aromatic amines is 1. The Morgan fingerprint density at radius 1 is 1.36 bits per heavy atom. The highest BCUT2D eigenvalue weighted by atomic mass is 16.5. The third kappa shape index (κ3) is 3.32. The number of nitrogens with one attached hydrogen (secondary N) is 1. The van der Waals surface area contributed by atoms with Crippen molar-refractivity contribution in [3.63, 3.8) is 0 Å². The summed E-state index contributed by atoms with van der Waals surface area (Å²) in [5, 5.41) is 18.6. The maximum Gasteiger partial charge on any atom is 0.0805 e. The van der Waals surface area contributed by atoms with Gasteiger partial charge in [0.05, 0.1) is 30.0 Å². The molecule has 2 aromatic rings. The van der Waals surface area contributed by atoms with Crippen molar-refractivity contribution >= 4 is 10.9 Å². The number of morpholine rings is 1. The molecule has 0 spiro atoms. The Morgan fingerprint density at radius 3 is 2.82 bits per heavy atom. The van der Waals surface area contributed by atoms with Gasteiger partial charge in [-0.3, -0.25) is 10.00 Å². The van der Waals surface area contributed by atoms with Gasteiger partial charge in [-0.2, -0.15) is 5.10 Å². The Labute approximate surface area is 131 Å². The molecule has 1 aromatic carbocycles. The molecule has 0 radical (unpaired) electrons. The Kier molecular flexibility index (Phi) is 4.47. The summed E-state index contributed by atoms with van der Waals surface area (Å²) >= 11 is 0. The van der Waals surface area contributed by atoms with Gasteiger partial charge in [0.15, 0.2) is 0 Å². The molecule has 1 aromatic heterocycles. The summed E-state index contributed by atoms with van der Waals surface area (Å²) in [6, 6.07) is 4.10. The Hall–Kier alpha value is -1.43. The maximum absolute atomic E-state index is 10.6. The molecule has 3 unspecified atom stereocenters. The Balaban J connectivity index is 1.65. The average Bonchev–Trinajstić information content (AvgIpc) is 2.90. The van der Waals surface area contributed by atoms with Gasteiger partial charge in [0.2, 0.25) is 0 Å². The number of hydrogen-bond acceptors (Lipinski definition) is 4. The molecule has 1 aliphatic rings. The van der Waals surface area contributed by atoms with Crippen LogP contribution in [-0.2, 0) is 4.74 Å². The fraction of sp³-hybridized carbons (Fsp3) is 0.588. The van der Waals surface area contributed by atoms with Gasteiger partial charge in [0, 0.05) is 25.0 Å². The van der Waals surface area contributed by atoms with Crippen LogP contribution in [-0.4, -0.2) is 52.0 Å². The Morgan fingerprint density at radius 2 is 2.09 bits per heavy atom. The first kappa shape index (κ1) is 15.5. The van der Waals surface area contributed by atoms with E-state index in [9.17, 15) is 5.11 Å². The number of rotatable bonds is 4. The molecule has 5 heteroatoms. The lowest BCUT2D eigenvalue weighted by Gasteiger charge is -2.35. The zero-order chi connectivity index (χ0) is 15.7. The summed E-state index contributed by atoms with van der Waals surface area (Å²) in [5.74, 6) is 0. The SMILES string of the molecule is Cc1cc2[nH]ncc2cc1C(O)CCN1CC(C)OC(C)C1. The zero-order valence-electron chi connectivity index (χ0n) is 13.5. The van der Waals surface area contributed by atoms with Crippen LogP contribution in [0.4, 0.5) is 0 Å². The molecular weight excluding hydrogens is 278 g/mol. The van der Waals surface area contributed by atoms with Gasteiger partial charge in [-0.1, -0.05) is 0 Å². The average molecular weight is 303 g/mol. The second kappa shape index (κ2) is 6.36. The number of aliphatic hydroxyl groups excluding tert-OH is 1. The van der Waals surface area contributed by atoms with Crippen LogP contribution in [0.2, 0.25) is 0 Å². The van der Waals surface area contributed by atoms with Crippen LogP contribution in [0.25, 0.3) is 10.9 Å². The van der Waals surface area contributed by atoms with Crippen molar-refractivity contribution in [1.29, 1.82) is 0 Å². The van der Waals surface area contributed by atoms with E-state index in [0.717, 1.165) is 48.1 Å². The molecule has 0 bridgehead atoms. The number of benzene rings is 1. The minimum Gasteiger partial charge on any atom is -0.388 e. The van der Waals surface area contributed by atoms with E-state index in [1.165, 1.54) is 0 Å². The summed E-state index contributed by atoms with van der Waals surface area (Å²) < 4.78 is 5.75. The van der Waals surface area contributed by atoms with Crippen LogP contribution in [0.1, 0.15) is 37.5 Å². The fourth-order valence-corrected chi connectivity index (χ4v) is 3.40. The molecule has 5 nitrogen and oxygen atoms in total. The van der Waals surface area contributed by atoms with Crippen LogP contribution < -0.4 is 0 Å². The van der Waals surface area contributed by atoms with Crippen LogP contribution in [0.15, 0.2) is 18.3 Å². The van der Waals surface area contributed by atoms with Crippen molar-refractivity contribution < 1.29 is 9.84 Å². The quantitative estimate of drug-likeness (QED) is 0.910. The monoisotopic (exact) mass is 303 g/mol. The number of aliphatic hydroxyl groups is 1. The van der Waals surface area contributed by atoms with E-state index in [4.69, 9.17) is 4.74 Å². The lowest BCUT2D eigenvalue weighted by atomic mass is 9.99. The van der Waals surface area contributed by atoms with Crippen molar-refractivity contribution in [3.05, 3.63) is 29.5 Å². The number of ether oxygens (including phenoxy) is 1. The third-order valence-electron chi connectivity index (χ3n) is 4.40. The summed E-state index contributed by atoms with van der Waals surface area (Å²) in [4.78, 5) is 2.38. The predicted octanol–water partition coefficient (Wildman–Crippen LogP) is 2.40. The highest BCUT2D eigenvalue weighted by Crippen LogP contribution is 2.26. The van der Waals surface area contributed by atoms with Crippen molar-refractivity contribution in [1.82, 2.24) is 15.1 Å². The number of fused-ring (bicyclic) bond motifs is 1. The molecule has 0 amide bonds. The van der Waals surface area contributed by atoms with Crippen molar-refractivity contribution in [2.75, 3.05) is 19.6 Å². The molecule has 22 heavy (non-hydrogen) atoms. The van der Waals surface area contributed by atoms with E-state index < -0.39 is 6.10 Å². The predicted molar refractivity (Wildman–Crippen MR) is 86.9 cm³/mol. The molecule has 0 saturated carbocycles. The molecule has 3 rings (SSSR count). The summed E-state index contributed by atoms with van der Waals surface area (Å²) in [7, 11) is 0. The molecule has 3 atom stereocenters. The first-order valence-corrected chi connectivity index (χ1v) is 8.02. The summed E-state index contributed by atoms with van der Waals surface area (Å²) in [6.07, 6.45) is 2.64. The van der Waals surface area contributed by atoms with E-state index in [-0.39, 0.29) is 12.2 Å². The van der Waals surface area contributed by atoms with Gasteiger partial charge in [-0.25, -0.2) is 0 Å². The van der Waals surface area contributed by atoms with Gasteiger partial charge in [0.25, 0.3) is 0 Å². The topological polar surface area (TPSA) is 61.4 Å². The van der Waals surface area contributed by atoms with E-state index in [1.54, 1.807) is 6.20 Å². The number of aromatic nitrogens is 2. The van der Waals surface area contributed by atoms with Gasteiger partial charge >= 0.3 is 0 Å². The smallest absolute Gasteiger partial charge is 0.0805 e. The van der Waals surface area contributed by atoms with Gasteiger partial charge < -0.3 is 9.84 Å². The van der Waals surface area contributed by atoms with Gasteiger partial charge in [-0.15, -0.1) is 0 Å². The molecule has 120 valence electrons. The van der Waals surface area contributed by atoms with E-state index in [1.807, 2.05) is 13.0 Å². The van der Waals surface area contributed by atoms with Crippen LogP contribution in [0, 0.1) is 6.92 Å². The van der Waals surface area contributed by atoms with Crippen molar-refractivity contribution in [3.8, 4) is 0 Å². The lowest BCUT2D eigenvalue weighted by molar-refractivity contribution is -0.0703. The van der Waals surface area contributed by atoms with Gasteiger partial charge in [0.1, 0.15) is 0 Å². The second-order valence-corrected chi connectivity index (χ2v) is 6.49. The largest absolute Gasteiger partial charge is 0.388 e.